The molecule has 0 spiro atoms. The Labute approximate surface area is 80.9 Å². The Bertz CT molecular complexity index is 409. The van der Waals surface area contributed by atoms with Crippen molar-refractivity contribution in [1.29, 1.82) is 5.26 Å². The molecule has 72 valence electrons. The van der Waals surface area contributed by atoms with Gasteiger partial charge in [0.1, 0.15) is 0 Å². The normalized spacial score (nSPS) is 11.8. The van der Waals surface area contributed by atoms with Crippen LogP contribution in [0.4, 0.5) is 4.39 Å². The molecule has 0 aliphatic rings. The molecule has 0 unspecified atom stereocenters. The predicted octanol–water partition coefficient (Wildman–Crippen LogP) is 1.59. The lowest BCUT2D eigenvalue weighted by Gasteiger charge is -2.09. The van der Waals surface area contributed by atoms with Crippen molar-refractivity contribution < 1.29 is 9.50 Å². The summed E-state index contributed by atoms with van der Waals surface area (Å²) < 4.78 is 13.0. The molecule has 0 fully saturated rings. The Hall–Kier alpha value is -1.86. The fourth-order valence-electron chi connectivity index (χ4n) is 1.07. The fourth-order valence-corrected chi connectivity index (χ4v) is 1.07. The first-order chi connectivity index (χ1) is 6.60. The topological polar surface area (TPSA) is 70.0 Å². The van der Waals surface area contributed by atoms with E-state index in [1.54, 1.807) is 6.07 Å². The van der Waals surface area contributed by atoms with E-state index in [9.17, 15) is 9.50 Å². The van der Waals surface area contributed by atoms with Crippen LogP contribution < -0.4 is 5.73 Å². The fraction of sp³-hybridized carbons (Fsp3) is 0.100. The highest BCUT2D eigenvalue weighted by Gasteiger charge is 2.13. The summed E-state index contributed by atoms with van der Waals surface area (Å²) in [5.74, 6) is -1.38. The second-order valence-electron chi connectivity index (χ2n) is 2.77. The van der Waals surface area contributed by atoms with Crippen LogP contribution in [-0.4, -0.2) is 5.11 Å². The van der Waals surface area contributed by atoms with Gasteiger partial charge in [0.05, 0.1) is 17.7 Å². The van der Waals surface area contributed by atoms with Crippen LogP contribution in [0.1, 0.15) is 17.2 Å². The second kappa shape index (κ2) is 3.90. The maximum atomic E-state index is 13.0. The molecule has 14 heavy (non-hydrogen) atoms. The van der Waals surface area contributed by atoms with Crippen molar-refractivity contribution >= 4 is 0 Å². The van der Waals surface area contributed by atoms with E-state index in [0.717, 1.165) is 6.07 Å². The Balaban J connectivity index is 3.35. The number of phenols is 1. The van der Waals surface area contributed by atoms with Crippen molar-refractivity contribution in [1.82, 2.24) is 0 Å². The highest BCUT2D eigenvalue weighted by molar-refractivity contribution is 5.45. The van der Waals surface area contributed by atoms with Gasteiger partial charge in [0.15, 0.2) is 11.6 Å². The van der Waals surface area contributed by atoms with E-state index in [1.807, 2.05) is 0 Å². The summed E-state index contributed by atoms with van der Waals surface area (Å²) in [6.07, 6.45) is 1.36. The lowest BCUT2D eigenvalue weighted by molar-refractivity contribution is 0.424. The number of phenolic OH excluding ortho intramolecular Hbond substituents is 1. The molecule has 0 heterocycles. The van der Waals surface area contributed by atoms with Crippen LogP contribution in [0.2, 0.25) is 0 Å². The van der Waals surface area contributed by atoms with Crippen molar-refractivity contribution in [3.05, 3.63) is 41.7 Å². The summed E-state index contributed by atoms with van der Waals surface area (Å²) >= 11 is 0. The summed E-state index contributed by atoms with van der Waals surface area (Å²) in [7, 11) is 0. The third-order valence-electron chi connectivity index (χ3n) is 1.84. The van der Waals surface area contributed by atoms with Crippen LogP contribution in [0.5, 0.6) is 5.75 Å². The third-order valence-corrected chi connectivity index (χ3v) is 1.84. The minimum absolute atomic E-state index is 0.118. The molecule has 0 aliphatic carbocycles. The van der Waals surface area contributed by atoms with Gasteiger partial charge in [0.25, 0.3) is 0 Å². The molecule has 0 aliphatic heterocycles. The number of nitrogens with two attached hydrogens (primary N) is 1. The maximum absolute atomic E-state index is 13.0. The van der Waals surface area contributed by atoms with E-state index in [4.69, 9.17) is 11.0 Å². The van der Waals surface area contributed by atoms with Crippen molar-refractivity contribution in [2.45, 2.75) is 6.04 Å². The molecule has 1 atom stereocenters. The number of hydrogen-bond donors (Lipinski definition) is 2. The lowest BCUT2D eigenvalue weighted by atomic mass is 10.0. The van der Waals surface area contributed by atoms with Gasteiger partial charge in [-0.1, -0.05) is 6.08 Å². The van der Waals surface area contributed by atoms with Gasteiger partial charge in [-0.3, -0.25) is 0 Å². The first-order valence-corrected chi connectivity index (χ1v) is 3.90. The molecular weight excluding hydrogens is 183 g/mol. The molecule has 0 saturated heterocycles. The average molecular weight is 192 g/mol. The molecule has 3 N–H and O–H groups in total. The number of benzene rings is 1. The Morgan fingerprint density at radius 3 is 2.79 bits per heavy atom. The SMILES string of the molecule is C=C[C@@H](N)c1cc(C#N)cc(F)c1O. The second-order valence-corrected chi connectivity index (χ2v) is 2.77. The molecule has 3 nitrogen and oxygen atoms in total. The van der Waals surface area contributed by atoms with Crippen LogP contribution >= 0.6 is 0 Å². The summed E-state index contributed by atoms with van der Waals surface area (Å²) in [5.41, 5.74) is 5.82. The van der Waals surface area contributed by atoms with E-state index in [1.165, 1.54) is 12.1 Å². The molecule has 1 rings (SSSR count). The predicted molar refractivity (Wildman–Crippen MR) is 49.9 cm³/mol. The molecule has 0 amide bonds. The number of nitriles is 1. The van der Waals surface area contributed by atoms with Crippen LogP contribution in [0.3, 0.4) is 0 Å². The third kappa shape index (κ3) is 1.73. The Kier molecular flexibility index (Phi) is 2.85. The maximum Gasteiger partial charge on any atom is 0.166 e. The standard InChI is InChI=1S/C10H9FN2O/c1-2-9(13)7-3-6(5-12)4-8(11)10(7)14/h2-4,9,14H,1,13H2/t9-/m1/s1. The van der Waals surface area contributed by atoms with Gasteiger partial charge in [-0.2, -0.15) is 5.26 Å². The molecule has 1 aromatic rings. The van der Waals surface area contributed by atoms with Gasteiger partial charge in [0, 0.05) is 5.56 Å². The number of rotatable bonds is 2. The summed E-state index contributed by atoms with van der Waals surface area (Å²) in [5, 5.41) is 17.9. The highest BCUT2D eigenvalue weighted by Crippen LogP contribution is 2.27. The van der Waals surface area contributed by atoms with E-state index < -0.39 is 17.6 Å². The minimum atomic E-state index is -0.851. The zero-order valence-corrected chi connectivity index (χ0v) is 7.37. The molecule has 4 heteroatoms. The number of aromatic hydroxyl groups is 1. The Morgan fingerprint density at radius 2 is 2.29 bits per heavy atom. The van der Waals surface area contributed by atoms with Gasteiger partial charge < -0.3 is 10.8 Å². The van der Waals surface area contributed by atoms with E-state index in [0.29, 0.717) is 0 Å². The zero-order chi connectivity index (χ0) is 10.7. The zero-order valence-electron chi connectivity index (χ0n) is 7.37. The smallest absolute Gasteiger partial charge is 0.166 e. The summed E-state index contributed by atoms with van der Waals surface area (Å²) in [6, 6.07) is 3.38. The van der Waals surface area contributed by atoms with Crippen LogP contribution in [0, 0.1) is 17.1 Å². The van der Waals surface area contributed by atoms with Crippen molar-refractivity contribution in [2.75, 3.05) is 0 Å². The number of hydrogen-bond acceptors (Lipinski definition) is 3. The largest absolute Gasteiger partial charge is 0.505 e. The molecular formula is C10H9FN2O. The molecule has 1 aromatic carbocycles. The average Bonchev–Trinajstić information content (AvgIpc) is 2.20. The van der Waals surface area contributed by atoms with Gasteiger partial charge >= 0.3 is 0 Å². The molecule has 0 aromatic heterocycles. The molecule has 0 bridgehead atoms. The number of halogens is 1. The van der Waals surface area contributed by atoms with Gasteiger partial charge in [-0.05, 0) is 12.1 Å². The Morgan fingerprint density at radius 1 is 1.64 bits per heavy atom. The summed E-state index contributed by atoms with van der Waals surface area (Å²) in [4.78, 5) is 0. The van der Waals surface area contributed by atoms with Crippen LogP contribution in [0.15, 0.2) is 24.8 Å². The van der Waals surface area contributed by atoms with E-state index >= 15 is 0 Å². The van der Waals surface area contributed by atoms with Crippen molar-refractivity contribution in [3.8, 4) is 11.8 Å². The summed E-state index contributed by atoms with van der Waals surface area (Å²) in [6.45, 7) is 3.42. The van der Waals surface area contributed by atoms with E-state index in [-0.39, 0.29) is 11.1 Å². The quantitative estimate of drug-likeness (QED) is 0.699. The number of nitrogens with zero attached hydrogens (tertiary/aromatic N) is 1. The van der Waals surface area contributed by atoms with Crippen LogP contribution in [0.25, 0.3) is 0 Å². The minimum Gasteiger partial charge on any atom is -0.505 e. The van der Waals surface area contributed by atoms with Gasteiger partial charge in [0.2, 0.25) is 0 Å². The monoisotopic (exact) mass is 192 g/mol. The van der Waals surface area contributed by atoms with E-state index in [2.05, 4.69) is 6.58 Å². The molecule has 0 radical (unpaired) electrons. The lowest BCUT2D eigenvalue weighted by Crippen LogP contribution is -2.07. The van der Waals surface area contributed by atoms with Gasteiger partial charge in [-0.15, -0.1) is 6.58 Å². The van der Waals surface area contributed by atoms with Gasteiger partial charge in [-0.25, -0.2) is 4.39 Å². The highest BCUT2D eigenvalue weighted by atomic mass is 19.1. The van der Waals surface area contributed by atoms with Crippen molar-refractivity contribution in [2.24, 2.45) is 5.73 Å². The molecule has 0 saturated carbocycles. The van der Waals surface area contributed by atoms with Crippen molar-refractivity contribution in [3.63, 3.8) is 0 Å². The van der Waals surface area contributed by atoms with Crippen LogP contribution in [-0.2, 0) is 0 Å². The first-order valence-electron chi connectivity index (χ1n) is 3.90. The first kappa shape index (κ1) is 10.2.